The van der Waals surface area contributed by atoms with Crippen molar-refractivity contribution in [2.75, 3.05) is 6.54 Å². The summed E-state index contributed by atoms with van der Waals surface area (Å²) in [7, 11) is 0. The zero-order chi connectivity index (χ0) is 16.0. The molecule has 4 nitrogen and oxygen atoms in total. The summed E-state index contributed by atoms with van der Waals surface area (Å²) >= 11 is 0. The average Bonchev–Trinajstić information content (AvgIpc) is 2.39. The smallest absolute Gasteiger partial charge is 0.481 e. The summed E-state index contributed by atoms with van der Waals surface area (Å²) < 4.78 is 40.0. The number of rotatable bonds is 7. The molecule has 0 spiro atoms. The molecular formula is C14H18F3NO3. The zero-order valence-electron chi connectivity index (χ0n) is 11.6. The number of nitrogens with two attached hydrogens (primary N) is 1. The largest absolute Gasteiger partial charge is 0.573 e. The number of alkyl halides is 3. The van der Waals surface area contributed by atoms with Gasteiger partial charge in [-0.25, -0.2) is 0 Å². The van der Waals surface area contributed by atoms with Crippen molar-refractivity contribution in [2.24, 2.45) is 11.7 Å². The molecule has 0 saturated carbocycles. The van der Waals surface area contributed by atoms with Crippen LogP contribution in [-0.4, -0.2) is 24.0 Å². The summed E-state index contributed by atoms with van der Waals surface area (Å²) in [6.07, 6.45) is -3.70. The lowest BCUT2D eigenvalue weighted by atomic mass is 9.87. The molecule has 0 aliphatic heterocycles. The van der Waals surface area contributed by atoms with Gasteiger partial charge in [0.1, 0.15) is 5.75 Å². The van der Waals surface area contributed by atoms with E-state index in [9.17, 15) is 18.0 Å². The third-order valence-electron chi connectivity index (χ3n) is 3.28. The molecule has 118 valence electrons. The molecule has 0 radical (unpaired) electrons. The summed E-state index contributed by atoms with van der Waals surface area (Å²) in [5.74, 6) is -2.00. The molecule has 0 aliphatic rings. The third kappa shape index (κ3) is 5.63. The van der Waals surface area contributed by atoms with E-state index in [1.807, 2.05) is 6.92 Å². The van der Waals surface area contributed by atoms with Crippen LogP contribution in [0.1, 0.15) is 31.2 Å². The molecule has 0 aromatic heterocycles. The number of hydrogen-bond acceptors (Lipinski definition) is 3. The quantitative estimate of drug-likeness (QED) is 0.812. The molecule has 2 atom stereocenters. The van der Waals surface area contributed by atoms with E-state index in [1.165, 1.54) is 24.3 Å². The van der Waals surface area contributed by atoms with Gasteiger partial charge < -0.3 is 15.6 Å². The second kappa shape index (κ2) is 7.31. The van der Waals surface area contributed by atoms with Crippen LogP contribution in [0, 0.1) is 5.92 Å². The van der Waals surface area contributed by atoms with E-state index in [0.717, 1.165) is 5.56 Å². The first-order chi connectivity index (χ1) is 9.76. The van der Waals surface area contributed by atoms with Gasteiger partial charge in [-0.05, 0) is 36.5 Å². The van der Waals surface area contributed by atoms with Gasteiger partial charge in [0.2, 0.25) is 0 Å². The molecule has 0 bridgehead atoms. The highest BCUT2D eigenvalue weighted by molar-refractivity contribution is 5.70. The normalized spacial score (nSPS) is 14.5. The Hall–Kier alpha value is -1.76. The van der Waals surface area contributed by atoms with Crippen LogP contribution in [0.4, 0.5) is 13.2 Å². The van der Waals surface area contributed by atoms with Crippen molar-refractivity contribution in [1.82, 2.24) is 0 Å². The van der Waals surface area contributed by atoms with E-state index in [0.29, 0.717) is 12.8 Å². The lowest BCUT2D eigenvalue weighted by molar-refractivity contribution is -0.274. The van der Waals surface area contributed by atoms with Crippen molar-refractivity contribution in [3.8, 4) is 5.75 Å². The van der Waals surface area contributed by atoms with Crippen molar-refractivity contribution >= 4 is 5.97 Å². The molecule has 1 aromatic carbocycles. The number of carbonyl (C=O) groups is 1. The number of carboxylic acids is 1. The molecule has 0 aliphatic carbocycles. The Bertz CT molecular complexity index is 460. The maximum Gasteiger partial charge on any atom is 0.573 e. The molecule has 7 heteroatoms. The summed E-state index contributed by atoms with van der Waals surface area (Å²) in [5.41, 5.74) is 6.19. The van der Waals surface area contributed by atoms with Crippen LogP contribution in [0.5, 0.6) is 5.75 Å². The number of ether oxygens (including phenoxy) is 1. The first-order valence-corrected chi connectivity index (χ1v) is 6.55. The molecule has 0 saturated heterocycles. The number of hydrogen-bond donors (Lipinski definition) is 2. The maximum atomic E-state index is 12.1. The lowest BCUT2D eigenvalue weighted by Gasteiger charge is -2.19. The number of carboxylic acid groups (broad SMARTS) is 1. The second-order valence-corrected chi connectivity index (χ2v) is 4.73. The van der Waals surface area contributed by atoms with Gasteiger partial charge in [0, 0.05) is 6.54 Å². The lowest BCUT2D eigenvalue weighted by Crippen LogP contribution is -2.25. The number of aliphatic carboxylic acids is 1. The van der Waals surface area contributed by atoms with E-state index in [4.69, 9.17) is 10.8 Å². The molecule has 3 N–H and O–H groups in total. The number of halogens is 3. The SMILES string of the molecule is CCC(CC(CN)C(=O)O)c1ccc(OC(F)(F)F)cc1. The summed E-state index contributed by atoms with van der Waals surface area (Å²) in [4.78, 5) is 11.0. The maximum absolute atomic E-state index is 12.1. The van der Waals surface area contributed by atoms with Crippen molar-refractivity contribution in [3.05, 3.63) is 29.8 Å². The minimum Gasteiger partial charge on any atom is -0.481 e. The first kappa shape index (κ1) is 17.3. The minimum absolute atomic E-state index is 0.0289. The van der Waals surface area contributed by atoms with Gasteiger partial charge in [-0.2, -0.15) is 0 Å². The third-order valence-corrected chi connectivity index (χ3v) is 3.28. The molecule has 0 fully saturated rings. The molecule has 0 heterocycles. The van der Waals surface area contributed by atoms with Crippen molar-refractivity contribution in [1.29, 1.82) is 0 Å². The standard InChI is InChI=1S/C14H18F3NO3/c1-2-9(7-11(8-18)13(19)20)10-3-5-12(6-4-10)21-14(15,16)17/h3-6,9,11H,2,7-8,18H2,1H3,(H,19,20). The molecule has 0 amide bonds. The van der Waals surface area contributed by atoms with Gasteiger partial charge >= 0.3 is 12.3 Å². The van der Waals surface area contributed by atoms with Crippen LogP contribution in [0.2, 0.25) is 0 Å². The van der Waals surface area contributed by atoms with Crippen LogP contribution in [0.15, 0.2) is 24.3 Å². The van der Waals surface area contributed by atoms with Crippen molar-refractivity contribution < 1.29 is 27.8 Å². The Morgan fingerprint density at radius 2 is 1.90 bits per heavy atom. The van der Waals surface area contributed by atoms with Gasteiger partial charge in [-0.3, -0.25) is 4.79 Å². The fourth-order valence-electron chi connectivity index (χ4n) is 2.12. The zero-order valence-corrected chi connectivity index (χ0v) is 11.6. The van der Waals surface area contributed by atoms with Gasteiger partial charge in [0.05, 0.1) is 5.92 Å². The van der Waals surface area contributed by atoms with Crippen LogP contribution in [0.25, 0.3) is 0 Å². The Labute approximate surface area is 120 Å². The summed E-state index contributed by atoms with van der Waals surface area (Å²) in [5, 5.41) is 9.01. The Kier molecular flexibility index (Phi) is 6.02. The average molecular weight is 305 g/mol. The summed E-state index contributed by atoms with van der Waals surface area (Å²) in [6, 6.07) is 5.49. The summed E-state index contributed by atoms with van der Waals surface area (Å²) in [6.45, 7) is 1.92. The van der Waals surface area contributed by atoms with Gasteiger partial charge in [0.25, 0.3) is 0 Å². The van der Waals surface area contributed by atoms with Crippen LogP contribution in [0.3, 0.4) is 0 Å². The highest BCUT2D eigenvalue weighted by atomic mass is 19.4. The molecular weight excluding hydrogens is 287 g/mol. The molecule has 21 heavy (non-hydrogen) atoms. The van der Waals surface area contributed by atoms with E-state index in [-0.39, 0.29) is 18.2 Å². The van der Waals surface area contributed by atoms with E-state index in [2.05, 4.69) is 4.74 Å². The van der Waals surface area contributed by atoms with E-state index < -0.39 is 18.2 Å². The Morgan fingerprint density at radius 1 is 1.33 bits per heavy atom. The van der Waals surface area contributed by atoms with Crippen LogP contribution < -0.4 is 10.5 Å². The van der Waals surface area contributed by atoms with Crippen molar-refractivity contribution in [2.45, 2.75) is 32.0 Å². The van der Waals surface area contributed by atoms with Crippen LogP contribution in [-0.2, 0) is 4.79 Å². The topological polar surface area (TPSA) is 72.6 Å². The second-order valence-electron chi connectivity index (χ2n) is 4.73. The van der Waals surface area contributed by atoms with Gasteiger partial charge in [-0.1, -0.05) is 19.1 Å². The Morgan fingerprint density at radius 3 is 2.29 bits per heavy atom. The monoisotopic (exact) mass is 305 g/mol. The van der Waals surface area contributed by atoms with E-state index in [1.54, 1.807) is 0 Å². The predicted molar refractivity (Wildman–Crippen MR) is 71.0 cm³/mol. The molecule has 1 rings (SSSR count). The highest BCUT2D eigenvalue weighted by Crippen LogP contribution is 2.30. The van der Waals surface area contributed by atoms with E-state index >= 15 is 0 Å². The molecule has 2 unspecified atom stereocenters. The Balaban J connectivity index is 2.80. The fourth-order valence-corrected chi connectivity index (χ4v) is 2.12. The number of benzene rings is 1. The van der Waals surface area contributed by atoms with Crippen molar-refractivity contribution in [3.63, 3.8) is 0 Å². The predicted octanol–water partition coefficient (Wildman–Crippen LogP) is 3.13. The van der Waals surface area contributed by atoms with Gasteiger partial charge in [-0.15, -0.1) is 13.2 Å². The molecule has 1 aromatic rings. The first-order valence-electron chi connectivity index (χ1n) is 6.55. The van der Waals surface area contributed by atoms with Gasteiger partial charge in [0.15, 0.2) is 0 Å². The minimum atomic E-state index is -4.72. The fraction of sp³-hybridized carbons (Fsp3) is 0.500. The highest BCUT2D eigenvalue weighted by Gasteiger charge is 2.31. The van der Waals surface area contributed by atoms with Crippen LogP contribution >= 0.6 is 0 Å².